The largest absolute Gasteiger partial charge is 0.478 e. The van der Waals surface area contributed by atoms with Crippen molar-refractivity contribution < 1.29 is 14.7 Å². The molecule has 0 radical (unpaired) electrons. The molecule has 0 amide bonds. The third-order valence-corrected chi connectivity index (χ3v) is 2.35. The Hall–Kier alpha value is -1.61. The summed E-state index contributed by atoms with van der Waals surface area (Å²) in [6, 6.07) is 5.26. The summed E-state index contributed by atoms with van der Waals surface area (Å²) < 4.78 is 0. The molecule has 0 aromatic heterocycles. The summed E-state index contributed by atoms with van der Waals surface area (Å²) in [4.78, 5) is 22.1. The van der Waals surface area contributed by atoms with Crippen molar-refractivity contribution in [3.8, 4) is 0 Å². The van der Waals surface area contributed by atoms with Crippen molar-refractivity contribution in [1.82, 2.24) is 0 Å². The van der Waals surface area contributed by atoms with Crippen molar-refractivity contribution in [2.24, 2.45) is 0 Å². The predicted octanol–water partition coefficient (Wildman–Crippen LogP) is 2.90. The van der Waals surface area contributed by atoms with Crippen molar-refractivity contribution in [2.45, 2.75) is 13.3 Å². The van der Waals surface area contributed by atoms with Crippen LogP contribution in [0.4, 0.5) is 0 Å². The van der Waals surface area contributed by atoms with Crippen LogP contribution in [0, 0.1) is 6.92 Å². The van der Waals surface area contributed by atoms with Crippen LogP contribution in [-0.4, -0.2) is 22.7 Å². The van der Waals surface area contributed by atoms with Gasteiger partial charge in [-0.15, -0.1) is 11.6 Å². The standard InChI is InChI=1S/C13H13ClO3/c1-9-6-10(2-3-13(16)17)8-11(7-9)12(15)4-5-14/h2-3,6-8H,4-5H2,1H3,(H,16,17)/b3-2+. The summed E-state index contributed by atoms with van der Waals surface area (Å²) in [6.45, 7) is 1.86. The van der Waals surface area contributed by atoms with Crippen LogP contribution < -0.4 is 0 Å². The van der Waals surface area contributed by atoms with Gasteiger partial charge >= 0.3 is 5.97 Å². The second-order valence-electron chi connectivity index (χ2n) is 3.67. The van der Waals surface area contributed by atoms with E-state index in [0.717, 1.165) is 11.6 Å². The molecule has 0 aliphatic carbocycles. The number of ketones is 1. The number of alkyl halides is 1. The molecule has 0 saturated heterocycles. The van der Waals surface area contributed by atoms with E-state index in [9.17, 15) is 9.59 Å². The predicted molar refractivity (Wildman–Crippen MR) is 67.5 cm³/mol. The molecule has 0 spiro atoms. The Kier molecular flexibility index (Phi) is 4.91. The van der Waals surface area contributed by atoms with Gasteiger partial charge in [-0.25, -0.2) is 4.79 Å². The highest BCUT2D eigenvalue weighted by molar-refractivity contribution is 6.19. The van der Waals surface area contributed by atoms with Crippen LogP contribution in [-0.2, 0) is 4.79 Å². The number of carbonyl (C=O) groups excluding carboxylic acids is 1. The summed E-state index contributed by atoms with van der Waals surface area (Å²) >= 11 is 5.52. The Labute approximate surface area is 105 Å². The highest BCUT2D eigenvalue weighted by Gasteiger charge is 2.06. The molecule has 1 aromatic carbocycles. The van der Waals surface area contributed by atoms with Gasteiger partial charge in [0, 0.05) is 23.9 Å². The van der Waals surface area contributed by atoms with Gasteiger partial charge in [0.2, 0.25) is 0 Å². The first-order valence-corrected chi connectivity index (χ1v) is 5.68. The average molecular weight is 253 g/mol. The van der Waals surface area contributed by atoms with Crippen LogP contribution >= 0.6 is 11.6 Å². The van der Waals surface area contributed by atoms with Crippen molar-refractivity contribution in [1.29, 1.82) is 0 Å². The molecule has 0 bridgehead atoms. The second kappa shape index (κ2) is 6.21. The maximum absolute atomic E-state index is 11.7. The number of rotatable bonds is 5. The van der Waals surface area contributed by atoms with Gasteiger partial charge in [0.25, 0.3) is 0 Å². The number of hydrogen-bond acceptors (Lipinski definition) is 2. The maximum Gasteiger partial charge on any atom is 0.328 e. The van der Waals surface area contributed by atoms with E-state index in [0.29, 0.717) is 11.1 Å². The molecule has 3 nitrogen and oxygen atoms in total. The van der Waals surface area contributed by atoms with E-state index in [2.05, 4.69) is 0 Å². The SMILES string of the molecule is Cc1cc(/C=C/C(=O)O)cc(C(=O)CCCl)c1. The number of halogens is 1. The molecule has 0 fully saturated rings. The van der Waals surface area contributed by atoms with Gasteiger partial charge in [-0.3, -0.25) is 4.79 Å². The topological polar surface area (TPSA) is 54.4 Å². The number of carboxylic acid groups (broad SMARTS) is 1. The Morgan fingerprint density at radius 1 is 1.35 bits per heavy atom. The van der Waals surface area contributed by atoms with Gasteiger partial charge in [0.15, 0.2) is 5.78 Å². The fraction of sp³-hybridized carbons (Fsp3) is 0.231. The Balaban J connectivity index is 3.02. The van der Waals surface area contributed by atoms with E-state index >= 15 is 0 Å². The smallest absolute Gasteiger partial charge is 0.328 e. The lowest BCUT2D eigenvalue weighted by Crippen LogP contribution is -2.00. The van der Waals surface area contributed by atoms with Crippen molar-refractivity contribution in [3.05, 3.63) is 41.0 Å². The average Bonchev–Trinajstić information content (AvgIpc) is 2.26. The maximum atomic E-state index is 11.7. The number of carboxylic acids is 1. The lowest BCUT2D eigenvalue weighted by atomic mass is 10.0. The van der Waals surface area contributed by atoms with E-state index in [1.54, 1.807) is 12.1 Å². The van der Waals surface area contributed by atoms with Crippen LogP contribution in [0.3, 0.4) is 0 Å². The first-order chi connectivity index (χ1) is 8.02. The van der Waals surface area contributed by atoms with Crippen molar-refractivity contribution >= 4 is 29.4 Å². The fourth-order valence-electron chi connectivity index (χ4n) is 1.47. The summed E-state index contributed by atoms with van der Waals surface area (Å²) in [5, 5.41) is 8.54. The highest BCUT2D eigenvalue weighted by Crippen LogP contribution is 2.13. The zero-order valence-corrected chi connectivity index (χ0v) is 10.2. The minimum absolute atomic E-state index is 0.0336. The lowest BCUT2D eigenvalue weighted by Gasteiger charge is -2.03. The van der Waals surface area contributed by atoms with Gasteiger partial charge in [-0.1, -0.05) is 6.07 Å². The van der Waals surface area contributed by atoms with Gasteiger partial charge in [0.1, 0.15) is 0 Å². The van der Waals surface area contributed by atoms with Crippen LogP contribution in [0.1, 0.15) is 27.9 Å². The number of carbonyl (C=O) groups is 2. The number of Topliss-reactive ketones (excluding diaryl/α,β-unsaturated/α-hetero) is 1. The minimum atomic E-state index is -1.01. The zero-order chi connectivity index (χ0) is 12.8. The van der Waals surface area contributed by atoms with Crippen molar-refractivity contribution in [2.75, 3.05) is 5.88 Å². The summed E-state index contributed by atoms with van der Waals surface area (Å²) in [5.74, 6) is -0.763. The molecule has 1 aromatic rings. The van der Waals surface area contributed by atoms with E-state index in [1.807, 2.05) is 13.0 Å². The number of aliphatic carboxylic acids is 1. The van der Waals surface area contributed by atoms with Gasteiger partial charge < -0.3 is 5.11 Å². The molecule has 4 heteroatoms. The Bertz CT molecular complexity index is 464. The molecular formula is C13H13ClO3. The van der Waals surface area contributed by atoms with Gasteiger partial charge in [0.05, 0.1) is 0 Å². The van der Waals surface area contributed by atoms with E-state index in [-0.39, 0.29) is 18.1 Å². The van der Waals surface area contributed by atoms with Gasteiger partial charge in [-0.2, -0.15) is 0 Å². The molecule has 0 aliphatic rings. The number of hydrogen-bond donors (Lipinski definition) is 1. The first-order valence-electron chi connectivity index (χ1n) is 5.15. The molecule has 0 unspecified atom stereocenters. The molecular weight excluding hydrogens is 240 g/mol. The monoisotopic (exact) mass is 252 g/mol. The fourth-order valence-corrected chi connectivity index (χ4v) is 1.64. The molecule has 0 heterocycles. The van der Waals surface area contributed by atoms with Crippen LogP contribution in [0.15, 0.2) is 24.3 Å². The second-order valence-corrected chi connectivity index (χ2v) is 4.04. The van der Waals surface area contributed by atoms with Crippen LogP contribution in [0.5, 0.6) is 0 Å². The minimum Gasteiger partial charge on any atom is -0.478 e. The third-order valence-electron chi connectivity index (χ3n) is 2.16. The van der Waals surface area contributed by atoms with Gasteiger partial charge in [-0.05, 0) is 36.3 Å². The number of benzene rings is 1. The van der Waals surface area contributed by atoms with E-state index in [4.69, 9.17) is 16.7 Å². The van der Waals surface area contributed by atoms with Crippen LogP contribution in [0.2, 0.25) is 0 Å². The Morgan fingerprint density at radius 3 is 2.65 bits per heavy atom. The molecule has 1 rings (SSSR count). The van der Waals surface area contributed by atoms with E-state index < -0.39 is 5.97 Å². The highest BCUT2D eigenvalue weighted by atomic mass is 35.5. The number of aryl methyl sites for hydroxylation is 1. The van der Waals surface area contributed by atoms with Crippen molar-refractivity contribution in [3.63, 3.8) is 0 Å². The molecule has 1 N–H and O–H groups in total. The summed E-state index contributed by atoms with van der Waals surface area (Å²) in [7, 11) is 0. The Morgan fingerprint density at radius 2 is 2.06 bits per heavy atom. The zero-order valence-electron chi connectivity index (χ0n) is 9.44. The molecule has 17 heavy (non-hydrogen) atoms. The lowest BCUT2D eigenvalue weighted by molar-refractivity contribution is -0.131. The van der Waals surface area contributed by atoms with Crippen LogP contribution in [0.25, 0.3) is 6.08 Å². The first kappa shape index (κ1) is 13.5. The quantitative estimate of drug-likeness (QED) is 0.498. The molecule has 0 saturated carbocycles. The molecule has 90 valence electrons. The molecule has 0 atom stereocenters. The third kappa shape index (κ3) is 4.41. The van der Waals surface area contributed by atoms with E-state index in [1.165, 1.54) is 6.08 Å². The molecule has 0 aliphatic heterocycles. The normalized spacial score (nSPS) is 10.7. The summed E-state index contributed by atoms with van der Waals surface area (Å²) in [6.07, 6.45) is 2.80. The summed E-state index contributed by atoms with van der Waals surface area (Å²) in [5.41, 5.74) is 2.18.